The Kier molecular flexibility index (Phi) is 8.13. The van der Waals surface area contributed by atoms with Crippen molar-refractivity contribution in [2.24, 2.45) is 0 Å². The van der Waals surface area contributed by atoms with E-state index in [4.69, 9.17) is 4.74 Å². The van der Waals surface area contributed by atoms with E-state index in [1.54, 1.807) is 16.7 Å². The predicted octanol–water partition coefficient (Wildman–Crippen LogP) is 3.64. The number of amides is 2. The first kappa shape index (κ1) is 24.6. The monoisotopic (exact) mass is 483 g/mol. The third-order valence-corrected chi connectivity index (χ3v) is 7.33. The van der Waals surface area contributed by atoms with Crippen LogP contribution < -0.4 is 10.6 Å². The summed E-state index contributed by atoms with van der Waals surface area (Å²) in [7, 11) is 0. The molecule has 2 aliphatic rings. The van der Waals surface area contributed by atoms with Gasteiger partial charge in [-0.05, 0) is 55.2 Å². The molecule has 0 spiro atoms. The summed E-state index contributed by atoms with van der Waals surface area (Å²) in [5.41, 5.74) is 4.03. The van der Waals surface area contributed by atoms with Crippen LogP contribution in [0.25, 0.3) is 0 Å². The second-order valence-electron chi connectivity index (χ2n) is 8.72. The molecule has 0 aliphatic carbocycles. The first-order valence-corrected chi connectivity index (χ1v) is 13.1. The molecule has 0 aromatic heterocycles. The van der Waals surface area contributed by atoms with Gasteiger partial charge in [0, 0.05) is 29.2 Å². The number of carbonyl (C=O) groups excluding carboxylic acids is 2. The molecule has 1 saturated heterocycles. The number of benzene rings is 2. The van der Waals surface area contributed by atoms with Crippen molar-refractivity contribution in [1.82, 2.24) is 10.2 Å². The number of aliphatic hydroxyl groups excluding tert-OH is 1. The van der Waals surface area contributed by atoms with Gasteiger partial charge in [0.25, 0.3) is 0 Å². The number of fused-ring (bicyclic) bond motifs is 1. The van der Waals surface area contributed by atoms with Crippen LogP contribution in [-0.2, 0) is 20.7 Å². The summed E-state index contributed by atoms with van der Waals surface area (Å²) in [6.45, 7) is 3.26. The first-order valence-electron chi connectivity index (χ1n) is 11.9. The normalized spacial score (nSPS) is 22.0. The van der Waals surface area contributed by atoms with Gasteiger partial charge in [0.2, 0.25) is 0 Å². The molecule has 4 rings (SSSR count). The highest BCUT2D eigenvalue weighted by Crippen LogP contribution is 2.37. The molecule has 2 aromatic rings. The lowest BCUT2D eigenvalue weighted by Gasteiger charge is -2.26. The number of carbonyl (C=O) groups is 2. The van der Waals surface area contributed by atoms with E-state index in [-0.39, 0.29) is 18.8 Å². The van der Waals surface area contributed by atoms with E-state index in [0.717, 1.165) is 46.5 Å². The van der Waals surface area contributed by atoms with Gasteiger partial charge in [-0.2, -0.15) is 0 Å². The number of ether oxygens (including phenoxy) is 1. The number of likely N-dealkylation sites (tertiary alicyclic amines) is 1. The average Bonchev–Trinajstić information content (AvgIpc) is 3.28. The van der Waals surface area contributed by atoms with Crippen LogP contribution in [0, 0.1) is 0 Å². The molecule has 0 saturated carbocycles. The fraction of sp³-hybridized carbons (Fsp3) is 0.462. The molecular weight excluding hydrogens is 450 g/mol. The number of anilines is 1. The minimum atomic E-state index is -0.733. The highest BCUT2D eigenvalue weighted by molar-refractivity contribution is 7.98. The van der Waals surface area contributed by atoms with Gasteiger partial charge in [0.1, 0.15) is 6.23 Å². The minimum Gasteiger partial charge on any atom is -0.371 e. The van der Waals surface area contributed by atoms with Crippen LogP contribution in [-0.4, -0.2) is 54.0 Å². The molecule has 2 heterocycles. The largest absolute Gasteiger partial charge is 0.371 e. The Labute approximate surface area is 205 Å². The molecule has 1 fully saturated rings. The summed E-state index contributed by atoms with van der Waals surface area (Å²) in [4.78, 5) is 28.5. The quantitative estimate of drug-likeness (QED) is 0.429. The molecule has 2 amide bonds. The van der Waals surface area contributed by atoms with E-state index in [0.29, 0.717) is 19.5 Å². The minimum absolute atomic E-state index is 0.0553. The molecule has 2 aliphatic heterocycles. The van der Waals surface area contributed by atoms with E-state index >= 15 is 0 Å². The highest BCUT2D eigenvalue weighted by atomic mass is 32.2. The molecule has 182 valence electrons. The Balaban J connectivity index is 1.37. The van der Waals surface area contributed by atoms with Crippen molar-refractivity contribution in [1.29, 1.82) is 0 Å². The van der Waals surface area contributed by atoms with E-state index in [1.165, 1.54) is 0 Å². The first-order chi connectivity index (χ1) is 16.5. The van der Waals surface area contributed by atoms with Gasteiger partial charge < -0.3 is 25.4 Å². The number of aliphatic hydroxyl groups is 1. The molecule has 0 radical (unpaired) electrons. The third-order valence-electron chi connectivity index (χ3n) is 6.52. The summed E-state index contributed by atoms with van der Waals surface area (Å²) in [6, 6.07) is 14.0. The van der Waals surface area contributed by atoms with E-state index in [9.17, 15) is 14.7 Å². The highest BCUT2D eigenvalue weighted by Gasteiger charge is 2.34. The molecule has 7 nitrogen and oxygen atoms in total. The van der Waals surface area contributed by atoms with Crippen molar-refractivity contribution >= 4 is 29.3 Å². The van der Waals surface area contributed by atoms with E-state index < -0.39 is 18.0 Å². The van der Waals surface area contributed by atoms with Crippen molar-refractivity contribution in [2.75, 3.05) is 31.3 Å². The number of nitrogens with zero attached hydrogens (tertiary/aromatic N) is 1. The molecule has 3 atom stereocenters. The lowest BCUT2D eigenvalue weighted by Crippen LogP contribution is -2.43. The number of thioether (sulfide) groups is 1. The van der Waals surface area contributed by atoms with Crippen molar-refractivity contribution in [3.63, 3.8) is 0 Å². The molecular formula is C26H33N3O4S. The maximum Gasteiger partial charge on any atom is 0.312 e. The SMILES string of the molecule is CC[C@H]1OC[C@@H](O)Nc2ccc(CCNC(=O)C(=O)N3CCC[C@@H]3c3ccccc3SC)cc21. The van der Waals surface area contributed by atoms with Crippen LogP contribution in [0.5, 0.6) is 0 Å². The average molecular weight is 484 g/mol. The Hall–Kier alpha value is -2.55. The van der Waals surface area contributed by atoms with E-state index in [2.05, 4.69) is 28.8 Å². The maximum atomic E-state index is 13.0. The Morgan fingerprint density at radius 1 is 1.24 bits per heavy atom. The van der Waals surface area contributed by atoms with Gasteiger partial charge in [-0.1, -0.05) is 37.3 Å². The van der Waals surface area contributed by atoms with Crippen molar-refractivity contribution < 1.29 is 19.4 Å². The van der Waals surface area contributed by atoms with Crippen molar-refractivity contribution in [2.45, 2.75) is 55.9 Å². The smallest absolute Gasteiger partial charge is 0.312 e. The molecule has 34 heavy (non-hydrogen) atoms. The third kappa shape index (κ3) is 5.40. The fourth-order valence-corrected chi connectivity index (χ4v) is 5.48. The molecule has 2 aromatic carbocycles. The Morgan fingerprint density at radius 2 is 2.06 bits per heavy atom. The number of hydrogen-bond acceptors (Lipinski definition) is 6. The van der Waals surface area contributed by atoms with Crippen LogP contribution in [0.15, 0.2) is 47.4 Å². The van der Waals surface area contributed by atoms with Crippen LogP contribution in [0.1, 0.15) is 55.0 Å². The standard InChI is InChI=1S/C26H33N3O4S/c1-3-22-19-15-17(10-11-20(19)28-24(30)16-33-22)12-13-27-25(31)26(32)29-14-6-8-21(29)18-7-4-5-9-23(18)34-2/h4-5,7,9-11,15,21-22,24,28,30H,3,6,8,12-14,16H2,1-2H3,(H,27,31)/t21-,22-,24-/m1/s1. The Morgan fingerprint density at radius 3 is 2.85 bits per heavy atom. The van der Waals surface area contributed by atoms with Gasteiger partial charge >= 0.3 is 11.8 Å². The number of hydrogen-bond donors (Lipinski definition) is 3. The zero-order valence-electron chi connectivity index (χ0n) is 19.8. The van der Waals surface area contributed by atoms with Crippen LogP contribution in [0.4, 0.5) is 5.69 Å². The van der Waals surface area contributed by atoms with Gasteiger partial charge in [-0.25, -0.2) is 0 Å². The van der Waals surface area contributed by atoms with Crippen LogP contribution >= 0.6 is 11.8 Å². The van der Waals surface area contributed by atoms with Gasteiger partial charge in [-0.15, -0.1) is 11.8 Å². The maximum absolute atomic E-state index is 13.0. The zero-order valence-corrected chi connectivity index (χ0v) is 20.6. The van der Waals surface area contributed by atoms with Gasteiger partial charge in [0.15, 0.2) is 0 Å². The van der Waals surface area contributed by atoms with E-state index in [1.807, 2.05) is 37.4 Å². The molecule has 0 unspecified atom stereocenters. The Bertz CT molecular complexity index is 1030. The molecule has 0 bridgehead atoms. The lowest BCUT2D eigenvalue weighted by molar-refractivity contribution is -0.146. The summed E-state index contributed by atoms with van der Waals surface area (Å²) in [5, 5.41) is 15.8. The summed E-state index contributed by atoms with van der Waals surface area (Å²) < 4.78 is 5.81. The van der Waals surface area contributed by atoms with Crippen molar-refractivity contribution in [3.8, 4) is 0 Å². The second-order valence-corrected chi connectivity index (χ2v) is 9.56. The number of nitrogens with one attached hydrogen (secondary N) is 2. The second kappa shape index (κ2) is 11.3. The summed E-state index contributed by atoms with van der Waals surface area (Å²) in [5.74, 6) is -1.01. The summed E-state index contributed by atoms with van der Waals surface area (Å²) in [6.07, 6.45) is 4.37. The van der Waals surface area contributed by atoms with Gasteiger partial charge in [-0.3, -0.25) is 9.59 Å². The fourth-order valence-electron chi connectivity index (χ4n) is 4.82. The molecule has 3 N–H and O–H groups in total. The predicted molar refractivity (Wildman–Crippen MR) is 134 cm³/mol. The number of rotatable bonds is 6. The summed E-state index contributed by atoms with van der Waals surface area (Å²) >= 11 is 1.66. The van der Waals surface area contributed by atoms with Gasteiger partial charge in [0.05, 0.1) is 18.8 Å². The van der Waals surface area contributed by atoms with Crippen molar-refractivity contribution in [3.05, 3.63) is 59.2 Å². The van der Waals surface area contributed by atoms with Crippen LogP contribution in [0.2, 0.25) is 0 Å². The van der Waals surface area contributed by atoms with Crippen LogP contribution in [0.3, 0.4) is 0 Å². The zero-order chi connectivity index (χ0) is 24.1. The topological polar surface area (TPSA) is 90.9 Å². The lowest BCUT2D eigenvalue weighted by atomic mass is 10.0. The molecule has 8 heteroatoms.